The molecular formula is C12H20N2O3S. The lowest BCUT2D eigenvalue weighted by Gasteiger charge is -2.21. The van der Waals surface area contributed by atoms with Crippen molar-refractivity contribution in [3.63, 3.8) is 0 Å². The van der Waals surface area contributed by atoms with Crippen molar-refractivity contribution in [2.75, 3.05) is 20.7 Å². The fourth-order valence-corrected chi connectivity index (χ4v) is 2.27. The van der Waals surface area contributed by atoms with Gasteiger partial charge in [-0.1, -0.05) is 12.1 Å². The van der Waals surface area contributed by atoms with Crippen molar-refractivity contribution < 1.29 is 13.2 Å². The molecule has 0 saturated carbocycles. The standard InChI is InChI=1S/C12H20N2O3S/c1-12(2,13)9-17-10-7-5-6-8-11(10)18(15,16)14(3)4/h5-8H,9,13H2,1-4H3. The molecule has 5 nitrogen and oxygen atoms in total. The molecule has 0 aromatic heterocycles. The summed E-state index contributed by atoms with van der Waals surface area (Å²) in [6.45, 7) is 3.87. The van der Waals surface area contributed by atoms with Gasteiger partial charge in [0.25, 0.3) is 0 Å². The summed E-state index contributed by atoms with van der Waals surface area (Å²) in [5.41, 5.74) is 5.30. The molecule has 0 aliphatic heterocycles. The van der Waals surface area contributed by atoms with Crippen molar-refractivity contribution in [1.82, 2.24) is 4.31 Å². The van der Waals surface area contributed by atoms with Gasteiger partial charge in [0.1, 0.15) is 17.3 Å². The molecule has 0 aliphatic carbocycles. The van der Waals surface area contributed by atoms with Gasteiger partial charge in [-0.3, -0.25) is 0 Å². The van der Waals surface area contributed by atoms with E-state index in [-0.39, 0.29) is 11.5 Å². The van der Waals surface area contributed by atoms with Crippen LogP contribution in [-0.2, 0) is 10.0 Å². The summed E-state index contributed by atoms with van der Waals surface area (Å²) in [6, 6.07) is 6.54. The number of rotatable bonds is 5. The van der Waals surface area contributed by atoms with Gasteiger partial charge in [-0.05, 0) is 26.0 Å². The van der Waals surface area contributed by atoms with Crippen LogP contribution in [0.1, 0.15) is 13.8 Å². The molecule has 0 heterocycles. The Kier molecular flexibility index (Phi) is 4.37. The van der Waals surface area contributed by atoms with E-state index >= 15 is 0 Å². The third-order valence-electron chi connectivity index (χ3n) is 2.21. The van der Waals surface area contributed by atoms with Gasteiger partial charge in [-0.15, -0.1) is 0 Å². The second kappa shape index (κ2) is 5.26. The zero-order valence-corrected chi connectivity index (χ0v) is 12.0. The predicted molar refractivity (Wildman–Crippen MR) is 71.1 cm³/mol. The molecule has 18 heavy (non-hydrogen) atoms. The Morgan fingerprint density at radius 3 is 2.33 bits per heavy atom. The average molecular weight is 272 g/mol. The highest BCUT2D eigenvalue weighted by Crippen LogP contribution is 2.25. The van der Waals surface area contributed by atoms with Gasteiger partial charge in [-0.2, -0.15) is 0 Å². The van der Waals surface area contributed by atoms with Crippen LogP contribution in [0.15, 0.2) is 29.2 Å². The van der Waals surface area contributed by atoms with Crippen molar-refractivity contribution in [3.05, 3.63) is 24.3 Å². The zero-order valence-electron chi connectivity index (χ0n) is 11.2. The number of para-hydroxylation sites is 1. The van der Waals surface area contributed by atoms with Crippen molar-refractivity contribution in [2.24, 2.45) is 5.73 Å². The van der Waals surface area contributed by atoms with Crippen LogP contribution in [0.4, 0.5) is 0 Å². The average Bonchev–Trinajstić information content (AvgIpc) is 2.25. The van der Waals surface area contributed by atoms with E-state index in [9.17, 15) is 8.42 Å². The van der Waals surface area contributed by atoms with E-state index in [1.807, 2.05) is 13.8 Å². The number of hydrogen-bond acceptors (Lipinski definition) is 4. The summed E-state index contributed by atoms with van der Waals surface area (Å²) in [7, 11) is -0.538. The molecular weight excluding hydrogens is 252 g/mol. The monoisotopic (exact) mass is 272 g/mol. The van der Waals surface area contributed by atoms with E-state index in [2.05, 4.69) is 0 Å². The first kappa shape index (κ1) is 14.9. The fraction of sp³-hybridized carbons (Fsp3) is 0.500. The molecule has 102 valence electrons. The molecule has 0 unspecified atom stereocenters. The van der Waals surface area contributed by atoms with Gasteiger partial charge in [-0.25, -0.2) is 12.7 Å². The Labute approximate surface area is 109 Å². The molecule has 2 N–H and O–H groups in total. The number of benzene rings is 1. The van der Waals surface area contributed by atoms with Gasteiger partial charge in [0.15, 0.2) is 0 Å². The maximum atomic E-state index is 12.1. The maximum absolute atomic E-state index is 12.1. The lowest BCUT2D eigenvalue weighted by molar-refractivity contribution is 0.237. The molecule has 0 atom stereocenters. The van der Waals surface area contributed by atoms with Gasteiger partial charge in [0, 0.05) is 19.6 Å². The number of nitrogens with zero attached hydrogens (tertiary/aromatic N) is 1. The predicted octanol–water partition coefficient (Wildman–Crippen LogP) is 1.05. The molecule has 1 aromatic rings. The maximum Gasteiger partial charge on any atom is 0.246 e. The molecule has 0 saturated heterocycles. The number of ether oxygens (including phenoxy) is 1. The van der Waals surface area contributed by atoms with Crippen molar-refractivity contribution >= 4 is 10.0 Å². The summed E-state index contributed by atoms with van der Waals surface area (Å²) in [5.74, 6) is 0.324. The highest BCUT2D eigenvalue weighted by Gasteiger charge is 2.22. The first-order valence-electron chi connectivity index (χ1n) is 5.58. The second-order valence-electron chi connectivity index (χ2n) is 5.01. The molecule has 0 radical (unpaired) electrons. The van der Waals surface area contributed by atoms with Crippen molar-refractivity contribution in [3.8, 4) is 5.75 Å². The quantitative estimate of drug-likeness (QED) is 0.869. The van der Waals surface area contributed by atoms with Crippen LogP contribution < -0.4 is 10.5 Å². The van der Waals surface area contributed by atoms with Crippen LogP contribution in [-0.4, -0.2) is 39.0 Å². The first-order chi connectivity index (χ1) is 8.14. The minimum atomic E-state index is -3.51. The lowest BCUT2D eigenvalue weighted by atomic mass is 10.1. The summed E-state index contributed by atoms with van der Waals surface area (Å²) < 4.78 is 30.8. The van der Waals surface area contributed by atoms with E-state index in [1.165, 1.54) is 20.2 Å². The van der Waals surface area contributed by atoms with Crippen LogP contribution in [0.3, 0.4) is 0 Å². The van der Waals surface area contributed by atoms with Crippen LogP contribution in [0.25, 0.3) is 0 Å². The number of nitrogens with two attached hydrogens (primary N) is 1. The molecule has 0 aliphatic rings. The highest BCUT2D eigenvalue weighted by molar-refractivity contribution is 7.89. The van der Waals surface area contributed by atoms with Gasteiger partial charge < -0.3 is 10.5 Å². The van der Waals surface area contributed by atoms with E-state index in [4.69, 9.17) is 10.5 Å². The molecule has 0 spiro atoms. The topological polar surface area (TPSA) is 72.6 Å². The zero-order chi connectivity index (χ0) is 14.0. The highest BCUT2D eigenvalue weighted by atomic mass is 32.2. The van der Waals surface area contributed by atoms with Crippen LogP contribution in [0.5, 0.6) is 5.75 Å². The normalized spacial score (nSPS) is 12.8. The summed E-state index contributed by atoms with van der Waals surface area (Å²) in [6.07, 6.45) is 0. The molecule has 0 bridgehead atoms. The van der Waals surface area contributed by atoms with Crippen molar-refractivity contribution in [2.45, 2.75) is 24.3 Å². The molecule has 1 aromatic carbocycles. The SMILES string of the molecule is CN(C)S(=O)(=O)c1ccccc1OCC(C)(C)N. The fourth-order valence-electron chi connectivity index (χ4n) is 1.24. The van der Waals surface area contributed by atoms with E-state index in [0.717, 1.165) is 4.31 Å². The molecule has 0 fully saturated rings. The van der Waals surface area contributed by atoms with E-state index in [0.29, 0.717) is 5.75 Å². The Bertz CT molecular complexity index is 504. The minimum absolute atomic E-state index is 0.152. The first-order valence-corrected chi connectivity index (χ1v) is 7.02. The van der Waals surface area contributed by atoms with Gasteiger partial charge >= 0.3 is 0 Å². The number of hydrogen-bond donors (Lipinski definition) is 1. The van der Waals surface area contributed by atoms with E-state index < -0.39 is 15.6 Å². The Balaban J connectivity index is 3.08. The van der Waals surface area contributed by atoms with Crippen LogP contribution >= 0.6 is 0 Å². The van der Waals surface area contributed by atoms with Gasteiger partial charge in [0.2, 0.25) is 10.0 Å². The van der Waals surface area contributed by atoms with E-state index in [1.54, 1.807) is 18.2 Å². The van der Waals surface area contributed by atoms with Gasteiger partial charge in [0.05, 0.1) is 0 Å². The lowest BCUT2D eigenvalue weighted by Crippen LogP contribution is -2.39. The third kappa shape index (κ3) is 3.69. The minimum Gasteiger partial charge on any atom is -0.490 e. The van der Waals surface area contributed by atoms with Crippen molar-refractivity contribution in [1.29, 1.82) is 0 Å². The Hall–Kier alpha value is -1.11. The summed E-state index contributed by atoms with van der Waals surface area (Å²) >= 11 is 0. The van der Waals surface area contributed by atoms with Crippen LogP contribution in [0.2, 0.25) is 0 Å². The second-order valence-corrected chi connectivity index (χ2v) is 7.13. The smallest absolute Gasteiger partial charge is 0.246 e. The Morgan fingerprint density at radius 1 is 1.28 bits per heavy atom. The molecule has 1 rings (SSSR count). The summed E-state index contributed by atoms with van der Waals surface area (Å²) in [4.78, 5) is 0.152. The largest absolute Gasteiger partial charge is 0.490 e. The molecule has 6 heteroatoms. The third-order valence-corrected chi connectivity index (χ3v) is 4.06. The van der Waals surface area contributed by atoms with Crippen LogP contribution in [0, 0.1) is 0 Å². The molecule has 0 amide bonds. The number of sulfonamides is 1. The summed E-state index contributed by atoms with van der Waals surface area (Å²) in [5, 5.41) is 0. The Morgan fingerprint density at radius 2 is 1.83 bits per heavy atom.